The van der Waals surface area contributed by atoms with Crippen LogP contribution in [-0.2, 0) is 18.3 Å². The molecule has 0 radical (unpaired) electrons. The van der Waals surface area contributed by atoms with Crippen molar-refractivity contribution >= 4 is 34.7 Å². The SMILES string of the molecule is CC(C)(C)OC(=O)N1CCCC1.Cn1c(-c2ccccc2Cl)cc2cnc(NCc3ccc(F)c(F)c3)nc21. The summed E-state index contributed by atoms with van der Waals surface area (Å²) in [6, 6.07) is 13.4. The summed E-state index contributed by atoms with van der Waals surface area (Å²) in [5.41, 5.74) is 2.83. The second kappa shape index (κ2) is 12.0. The molecule has 2 aromatic heterocycles. The Labute approximate surface area is 231 Å². The number of nitrogens with one attached hydrogen (secondary N) is 1. The van der Waals surface area contributed by atoms with Gasteiger partial charge in [-0.2, -0.15) is 4.98 Å². The van der Waals surface area contributed by atoms with Crippen LogP contribution in [0, 0.1) is 11.6 Å². The van der Waals surface area contributed by atoms with E-state index in [0.717, 1.165) is 60.4 Å². The fourth-order valence-electron chi connectivity index (χ4n) is 4.18. The van der Waals surface area contributed by atoms with E-state index in [4.69, 9.17) is 16.3 Å². The molecule has 2 aromatic carbocycles. The van der Waals surface area contributed by atoms with Crippen LogP contribution < -0.4 is 5.32 Å². The molecular formula is C29H32ClF2N5O2. The number of likely N-dealkylation sites (tertiary alicyclic amines) is 1. The van der Waals surface area contributed by atoms with Crippen LogP contribution in [0.15, 0.2) is 54.7 Å². The number of carbonyl (C=O) groups excluding carboxylic acids is 1. The fourth-order valence-corrected chi connectivity index (χ4v) is 4.41. The zero-order valence-corrected chi connectivity index (χ0v) is 23.2. The summed E-state index contributed by atoms with van der Waals surface area (Å²) in [5.74, 6) is -1.34. The minimum absolute atomic E-state index is 0.167. The number of aromatic nitrogens is 3. The van der Waals surface area contributed by atoms with Crippen molar-refractivity contribution in [2.45, 2.75) is 45.8 Å². The van der Waals surface area contributed by atoms with E-state index >= 15 is 0 Å². The molecule has 0 saturated carbocycles. The Hall–Kier alpha value is -3.72. The standard InChI is InChI=1S/C20H15ClF2N4.C9H17NO2/c1-27-18(14-4-2-3-5-15(14)21)9-13-11-25-20(26-19(13)27)24-10-12-6-7-16(22)17(23)8-12;1-9(2,3)12-8(11)10-6-4-5-7-10/h2-9,11H,10H2,1H3,(H,24,25,26);4-7H2,1-3H3. The second-order valence-corrected chi connectivity index (χ2v) is 10.7. The number of carbonyl (C=O) groups is 1. The summed E-state index contributed by atoms with van der Waals surface area (Å²) in [4.78, 5) is 22.0. The molecule has 206 valence electrons. The summed E-state index contributed by atoms with van der Waals surface area (Å²) in [5, 5.41) is 4.58. The van der Waals surface area contributed by atoms with Crippen molar-refractivity contribution in [3.8, 4) is 11.3 Å². The maximum Gasteiger partial charge on any atom is 0.410 e. The number of ether oxygens (including phenoxy) is 1. The first-order chi connectivity index (χ1) is 18.5. The first kappa shape index (κ1) is 28.3. The molecule has 1 N–H and O–H groups in total. The maximum atomic E-state index is 13.3. The molecule has 0 unspecified atom stereocenters. The topological polar surface area (TPSA) is 72.3 Å². The highest BCUT2D eigenvalue weighted by molar-refractivity contribution is 6.33. The van der Waals surface area contributed by atoms with E-state index in [2.05, 4.69) is 15.3 Å². The van der Waals surface area contributed by atoms with Crippen molar-refractivity contribution < 1.29 is 18.3 Å². The number of fused-ring (bicyclic) bond motifs is 1. The van der Waals surface area contributed by atoms with Crippen LogP contribution in [0.4, 0.5) is 19.5 Å². The lowest BCUT2D eigenvalue weighted by molar-refractivity contribution is 0.0295. The molecule has 7 nitrogen and oxygen atoms in total. The minimum atomic E-state index is -0.877. The summed E-state index contributed by atoms with van der Waals surface area (Å²) in [6.45, 7) is 7.66. The van der Waals surface area contributed by atoms with Gasteiger partial charge in [-0.15, -0.1) is 0 Å². The van der Waals surface area contributed by atoms with E-state index in [-0.39, 0.29) is 18.2 Å². The Balaban J connectivity index is 0.000000247. The predicted molar refractivity (Wildman–Crippen MR) is 150 cm³/mol. The number of aryl methyl sites for hydroxylation is 1. The largest absolute Gasteiger partial charge is 0.444 e. The van der Waals surface area contributed by atoms with Crippen molar-refractivity contribution in [1.82, 2.24) is 19.4 Å². The number of benzene rings is 2. The number of amides is 1. The molecule has 4 aromatic rings. The Morgan fingerprint density at radius 2 is 1.79 bits per heavy atom. The first-order valence-electron chi connectivity index (χ1n) is 12.7. The Morgan fingerprint density at radius 3 is 2.46 bits per heavy atom. The smallest absolute Gasteiger partial charge is 0.410 e. The molecule has 0 atom stereocenters. The van der Waals surface area contributed by atoms with Crippen molar-refractivity contribution in [3.63, 3.8) is 0 Å². The van der Waals surface area contributed by atoms with Crippen molar-refractivity contribution in [2.75, 3.05) is 18.4 Å². The highest BCUT2D eigenvalue weighted by Crippen LogP contribution is 2.31. The molecule has 1 aliphatic heterocycles. The van der Waals surface area contributed by atoms with Crippen LogP contribution >= 0.6 is 11.6 Å². The maximum absolute atomic E-state index is 13.3. The summed E-state index contributed by atoms with van der Waals surface area (Å²) < 4.78 is 33.5. The van der Waals surface area contributed by atoms with Crippen LogP contribution in [0.2, 0.25) is 5.02 Å². The lowest BCUT2D eigenvalue weighted by atomic mass is 10.1. The van der Waals surface area contributed by atoms with E-state index in [1.165, 1.54) is 6.07 Å². The van der Waals surface area contributed by atoms with Gasteiger partial charge < -0.3 is 19.5 Å². The number of hydrogen-bond donors (Lipinski definition) is 1. The number of halogens is 3. The molecule has 3 heterocycles. The van der Waals surface area contributed by atoms with Gasteiger partial charge in [-0.3, -0.25) is 0 Å². The van der Waals surface area contributed by atoms with Gasteiger partial charge in [-0.1, -0.05) is 35.9 Å². The number of anilines is 1. The summed E-state index contributed by atoms with van der Waals surface area (Å²) >= 11 is 6.31. The molecule has 1 saturated heterocycles. The molecule has 5 rings (SSSR count). The van der Waals surface area contributed by atoms with Gasteiger partial charge in [0.2, 0.25) is 5.95 Å². The molecule has 1 amide bonds. The summed E-state index contributed by atoms with van der Waals surface area (Å²) in [7, 11) is 1.91. The lowest BCUT2D eigenvalue weighted by Crippen LogP contribution is -2.34. The van der Waals surface area contributed by atoms with Gasteiger partial charge in [0, 0.05) is 48.9 Å². The molecule has 1 aliphatic rings. The highest BCUT2D eigenvalue weighted by Gasteiger charge is 2.24. The second-order valence-electron chi connectivity index (χ2n) is 10.3. The van der Waals surface area contributed by atoms with E-state index in [1.54, 1.807) is 11.1 Å². The number of hydrogen-bond acceptors (Lipinski definition) is 5. The van der Waals surface area contributed by atoms with Gasteiger partial charge in [0.1, 0.15) is 11.2 Å². The van der Waals surface area contributed by atoms with Crippen LogP contribution in [-0.4, -0.2) is 44.2 Å². The van der Waals surface area contributed by atoms with E-state index < -0.39 is 11.6 Å². The zero-order chi connectivity index (χ0) is 28.2. The average Bonchev–Trinajstić information content (AvgIpc) is 3.53. The van der Waals surface area contributed by atoms with Gasteiger partial charge in [0.25, 0.3) is 0 Å². The first-order valence-corrected chi connectivity index (χ1v) is 13.1. The van der Waals surface area contributed by atoms with E-state index in [9.17, 15) is 13.6 Å². The number of rotatable bonds is 4. The van der Waals surface area contributed by atoms with E-state index in [1.807, 2.05) is 62.7 Å². The van der Waals surface area contributed by atoms with Crippen LogP contribution in [0.3, 0.4) is 0 Å². The molecule has 0 bridgehead atoms. The Morgan fingerprint density at radius 1 is 1.08 bits per heavy atom. The Bertz CT molecular complexity index is 1460. The van der Waals surface area contributed by atoms with Crippen molar-refractivity contribution in [2.24, 2.45) is 7.05 Å². The van der Waals surface area contributed by atoms with Gasteiger partial charge in [0.15, 0.2) is 11.6 Å². The highest BCUT2D eigenvalue weighted by atomic mass is 35.5. The monoisotopic (exact) mass is 555 g/mol. The quantitative estimate of drug-likeness (QED) is 0.288. The van der Waals surface area contributed by atoms with Crippen LogP contribution in [0.25, 0.3) is 22.3 Å². The van der Waals surface area contributed by atoms with Crippen molar-refractivity contribution in [1.29, 1.82) is 0 Å². The predicted octanol–water partition coefficient (Wildman–Crippen LogP) is 7.20. The molecule has 39 heavy (non-hydrogen) atoms. The van der Waals surface area contributed by atoms with Crippen molar-refractivity contribution in [3.05, 3.63) is 76.9 Å². The zero-order valence-electron chi connectivity index (χ0n) is 22.5. The Kier molecular flexibility index (Phi) is 8.70. The molecule has 1 fully saturated rings. The molecule has 0 spiro atoms. The van der Waals surface area contributed by atoms with Crippen LogP contribution in [0.5, 0.6) is 0 Å². The molecule has 0 aliphatic carbocycles. The third kappa shape index (κ3) is 7.23. The normalized spacial score (nSPS) is 13.3. The third-order valence-electron chi connectivity index (χ3n) is 6.11. The molecule has 10 heteroatoms. The van der Waals surface area contributed by atoms with Gasteiger partial charge >= 0.3 is 6.09 Å². The molecular weight excluding hydrogens is 524 g/mol. The average molecular weight is 556 g/mol. The summed E-state index contributed by atoms with van der Waals surface area (Å²) in [6.07, 6.45) is 3.77. The van der Waals surface area contributed by atoms with Gasteiger partial charge in [-0.25, -0.2) is 18.6 Å². The number of nitrogens with zero attached hydrogens (tertiary/aromatic N) is 4. The van der Waals surface area contributed by atoms with E-state index in [0.29, 0.717) is 16.5 Å². The third-order valence-corrected chi connectivity index (χ3v) is 6.44. The lowest BCUT2D eigenvalue weighted by Gasteiger charge is -2.23. The fraction of sp³-hybridized carbons (Fsp3) is 0.345. The van der Waals surface area contributed by atoms with Crippen LogP contribution in [0.1, 0.15) is 39.2 Å². The van der Waals surface area contributed by atoms with Gasteiger partial charge in [-0.05, 0) is 63.4 Å². The minimum Gasteiger partial charge on any atom is -0.444 e. The van der Waals surface area contributed by atoms with Gasteiger partial charge in [0.05, 0.1) is 5.69 Å².